The zero-order chi connectivity index (χ0) is 19.8. The molecule has 5 aromatic rings. The molecule has 0 aliphatic carbocycles. The van der Waals surface area contributed by atoms with Gasteiger partial charge in [0, 0.05) is 10.4 Å². The zero-order valence-electron chi connectivity index (χ0n) is 15.8. The van der Waals surface area contributed by atoms with Crippen LogP contribution in [0.1, 0.15) is 6.92 Å². The first-order valence-electron chi connectivity index (χ1n) is 9.51. The summed E-state index contributed by atoms with van der Waals surface area (Å²) in [5.74, 6) is 0.834. The molecule has 2 heterocycles. The van der Waals surface area contributed by atoms with Gasteiger partial charge in [-0.25, -0.2) is 0 Å². The van der Waals surface area contributed by atoms with Crippen LogP contribution in [0.4, 0.5) is 0 Å². The summed E-state index contributed by atoms with van der Waals surface area (Å²) in [5, 5.41) is 3.24. The van der Waals surface area contributed by atoms with Crippen molar-refractivity contribution in [3.8, 4) is 27.3 Å². The fourth-order valence-corrected chi connectivity index (χ4v) is 4.38. The lowest BCUT2D eigenvalue weighted by Gasteiger charge is -2.12. The normalized spacial score (nSPS) is 11.2. The predicted octanol–water partition coefficient (Wildman–Crippen LogP) is 6.74. The Labute approximate surface area is 171 Å². The molecule has 0 saturated carbocycles. The summed E-state index contributed by atoms with van der Waals surface area (Å²) < 4.78 is 11.7. The van der Waals surface area contributed by atoms with Crippen LogP contribution in [0.15, 0.2) is 87.4 Å². The van der Waals surface area contributed by atoms with Gasteiger partial charge in [-0.15, -0.1) is 11.3 Å². The lowest BCUT2D eigenvalue weighted by Crippen LogP contribution is -2.02. The van der Waals surface area contributed by atoms with Gasteiger partial charge in [0.25, 0.3) is 0 Å². The molecule has 29 heavy (non-hydrogen) atoms. The molecule has 4 heteroatoms. The van der Waals surface area contributed by atoms with Crippen LogP contribution in [0.25, 0.3) is 43.5 Å². The van der Waals surface area contributed by atoms with Gasteiger partial charge in [0.2, 0.25) is 5.43 Å². The third-order valence-electron chi connectivity index (χ3n) is 4.98. The highest BCUT2D eigenvalue weighted by Crippen LogP contribution is 2.38. The molecule has 0 saturated heterocycles. The van der Waals surface area contributed by atoms with Crippen LogP contribution >= 0.6 is 11.3 Å². The lowest BCUT2D eigenvalue weighted by atomic mass is 9.96. The van der Waals surface area contributed by atoms with E-state index in [1.807, 2.05) is 73.7 Å². The van der Waals surface area contributed by atoms with Crippen molar-refractivity contribution in [2.45, 2.75) is 6.92 Å². The fourth-order valence-electron chi connectivity index (χ4n) is 3.62. The average Bonchev–Trinajstić information content (AvgIpc) is 3.29. The second-order valence-electron chi connectivity index (χ2n) is 6.76. The molecular formula is C25H18O3S. The van der Waals surface area contributed by atoms with Gasteiger partial charge >= 0.3 is 0 Å². The molecule has 3 aromatic carbocycles. The molecule has 0 aliphatic heterocycles. The van der Waals surface area contributed by atoms with Crippen LogP contribution in [0, 0.1) is 0 Å². The SMILES string of the molecule is CCOc1ccc(-c2cc3c(=O)c4ccccc4oc3cc2-c2cccs2)cc1. The Morgan fingerprint density at radius 1 is 0.862 bits per heavy atom. The highest BCUT2D eigenvalue weighted by molar-refractivity contribution is 7.13. The first kappa shape index (κ1) is 17.7. The van der Waals surface area contributed by atoms with E-state index in [0.717, 1.165) is 27.3 Å². The summed E-state index contributed by atoms with van der Waals surface area (Å²) in [6, 6.07) is 23.4. The van der Waals surface area contributed by atoms with E-state index in [2.05, 4.69) is 11.4 Å². The van der Waals surface area contributed by atoms with Gasteiger partial charge in [-0.2, -0.15) is 0 Å². The summed E-state index contributed by atoms with van der Waals surface area (Å²) in [6.07, 6.45) is 0. The standard InChI is InChI=1S/C25H18O3S/c1-2-27-17-11-9-16(10-12-17)19-14-21-23(15-20(19)24-8-5-13-29-24)28-22-7-4-3-6-18(22)25(21)26/h3-15H,2H2,1H3. The number of thiophene rings is 1. The minimum atomic E-state index is -0.00762. The number of fused-ring (bicyclic) bond motifs is 2. The molecule has 0 radical (unpaired) electrons. The van der Waals surface area contributed by atoms with Gasteiger partial charge in [-0.05, 0) is 65.9 Å². The number of ether oxygens (including phenoxy) is 1. The van der Waals surface area contributed by atoms with Crippen molar-refractivity contribution in [1.29, 1.82) is 0 Å². The van der Waals surface area contributed by atoms with E-state index in [9.17, 15) is 4.79 Å². The van der Waals surface area contributed by atoms with E-state index in [4.69, 9.17) is 9.15 Å². The molecule has 0 aliphatic rings. The molecule has 5 rings (SSSR count). The summed E-state index contributed by atoms with van der Waals surface area (Å²) >= 11 is 1.67. The summed E-state index contributed by atoms with van der Waals surface area (Å²) in [6.45, 7) is 2.60. The Kier molecular flexibility index (Phi) is 4.41. The largest absolute Gasteiger partial charge is 0.494 e. The van der Waals surface area contributed by atoms with Gasteiger partial charge in [0.1, 0.15) is 16.9 Å². The maximum absolute atomic E-state index is 13.1. The second-order valence-corrected chi connectivity index (χ2v) is 7.70. The molecule has 0 N–H and O–H groups in total. The molecular weight excluding hydrogens is 380 g/mol. The van der Waals surface area contributed by atoms with E-state index in [1.165, 1.54) is 0 Å². The zero-order valence-corrected chi connectivity index (χ0v) is 16.7. The van der Waals surface area contributed by atoms with Crippen molar-refractivity contribution in [3.63, 3.8) is 0 Å². The van der Waals surface area contributed by atoms with Crippen LogP contribution in [0.3, 0.4) is 0 Å². The van der Waals surface area contributed by atoms with Crippen molar-refractivity contribution in [3.05, 3.63) is 88.4 Å². The van der Waals surface area contributed by atoms with Gasteiger partial charge < -0.3 is 9.15 Å². The van der Waals surface area contributed by atoms with Gasteiger partial charge in [0.05, 0.1) is 17.4 Å². The minimum absolute atomic E-state index is 0.00762. The second kappa shape index (κ2) is 7.22. The Balaban J connectivity index is 1.80. The van der Waals surface area contributed by atoms with E-state index in [1.54, 1.807) is 11.3 Å². The summed E-state index contributed by atoms with van der Waals surface area (Å²) in [7, 11) is 0. The average molecular weight is 398 g/mol. The quantitative estimate of drug-likeness (QED) is 0.315. The molecule has 0 unspecified atom stereocenters. The third-order valence-corrected chi connectivity index (χ3v) is 5.88. The number of para-hydroxylation sites is 1. The molecule has 3 nitrogen and oxygen atoms in total. The van der Waals surface area contributed by atoms with Crippen LogP contribution < -0.4 is 10.2 Å². The predicted molar refractivity (Wildman–Crippen MR) is 120 cm³/mol. The van der Waals surface area contributed by atoms with Crippen molar-refractivity contribution in [1.82, 2.24) is 0 Å². The monoisotopic (exact) mass is 398 g/mol. The maximum atomic E-state index is 13.1. The first-order chi connectivity index (χ1) is 14.2. The Hall–Kier alpha value is -3.37. The number of rotatable bonds is 4. The molecule has 0 bridgehead atoms. The van der Waals surface area contributed by atoms with Crippen molar-refractivity contribution in [2.75, 3.05) is 6.61 Å². The highest BCUT2D eigenvalue weighted by Gasteiger charge is 2.15. The molecule has 2 aromatic heterocycles. The summed E-state index contributed by atoms with van der Waals surface area (Å²) in [4.78, 5) is 14.3. The van der Waals surface area contributed by atoms with Crippen molar-refractivity contribution >= 4 is 33.3 Å². The molecule has 0 amide bonds. The fraction of sp³-hybridized carbons (Fsp3) is 0.0800. The smallest absolute Gasteiger partial charge is 0.200 e. The van der Waals surface area contributed by atoms with E-state index in [0.29, 0.717) is 28.5 Å². The number of hydrogen-bond donors (Lipinski definition) is 0. The van der Waals surface area contributed by atoms with E-state index >= 15 is 0 Å². The van der Waals surface area contributed by atoms with Crippen LogP contribution in [-0.2, 0) is 0 Å². The van der Waals surface area contributed by atoms with Gasteiger partial charge in [-0.3, -0.25) is 4.79 Å². The first-order valence-corrected chi connectivity index (χ1v) is 10.4. The van der Waals surface area contributed by atoms with Crippen molar-refractivity contribution in [2.24, 2.45) is 0 Å². The third kappa shape index (κ3) is 3.12. The minimum Gasteiger partial charge on any atom is -0.494 e. The number of benzene rings is 3. The molecule has 0 spiro atoms. The van der Waals surface area contributed by atoms with E-state index in [-0.39, 0.29) is 5.43 Å². The molecule has 142 valence electrons. The van der Waals surface area contributed by atoms with Crippen LogP contribution in [0.2, 0.25) is 0 Å². The van der Waals surface area contributed by atoms with Gasteiger partial charge in [0.15, 0.2) is 0 Å². The Morgan fingerprint density at radius 3 is 2.45 bits per heavy atom. The van der Waals surface area contributed by atoms with Crippen molar-refractivity contribution < 1.29 is 9.15 Å². The van der Waals surface area contributed by atoms with E-state index < -0.39 is 0 Å². The number of hydrogen-bond acceptors (Lipinski definition) is 4. The Morgan fingerprint density at radius 2 is 1.69 bits per heavy atom. The molecule has 0 fully saturated rings. The molecule has 0 atom stereocenters. The topological polar surface area (TPSA) is 39.4 Å². The maximum Gasteiger partial charge on any atom is 0.200 e. The van der Waals surface area contributed by atoms with Crippen LogP contribution in [0.5, 0.6) is 5.75 Å². The lowest BCUT2D eigenvalue weighted by molar-refractivity contribution is 0.340. The Bertz CT molecular complexity index is 1360. The van der Waals surface area contributed by atoms with Gasteiger partial charge in [-0.1, -0.05) is 30.3 Å². The summed E-state index contributed by atoms with van der Waals surface area (Å²) in [5.41, 5.74) is 4.29. The highest BCUT2D eigenvalue weighted by atomic mass is 32.1. The van der Waals surface area contributed by atoms with Crippen LogP contribution in [-0.4, -0.2) is 6.61 Å².